The predicted molar refractivity (Wildman–Crippen MR) is 49.5 cm³/mol. The molecule has 0 amide bonds. The summed E-state index contributed by atoms with van der Waals surface area (Å²) in [6.45, 7) is 5.82. The van der Waals surface area contributed by atoms with Crippen molar-refractivity contribution >= 4 is 0 Å². The molecule has 1 heterocycles. The second kappa shape index (κ2) is 3.47. The molecule has 4 heteroatoms. The lowest BCUT2D eigenvalue weighted by molar-refractivity contribution is 0.182. The van der Waals surface area contributed by atoms with E-state index in [1.54, 1.807) is 0 Å². The Morgan fingerprint density at radius 1 is 1.54 bits per heavy atom. The number of aromatic nitrogens is 1. The van der Waals surface area contributed by atoms with Crippen LogP contribution < -0.4 is 5.73 Å². The number of hydrogen-bond acceptors (Lipinski definition) is 4. The Balaban J connectivity index is 3.05. The molecule has 1 unspecified atom stereocenters. The lowest BCUT2D eigenvalue weighted by Crippen LogP contribution is -2.35. The monoisotopic (exact) mass is 184 g/mol. The number of oxazole rings is 1. The molecular weight excluding hydrogens is 168 g/mol. The second-order valence-electron chi connectivity index (χ2n) is 3.58. The van der Waals surface area contributed by atoms with Crippen LogP contribution in [0.2, 0.25) is 0 Å². The normalized spacial score (nSPS) is 15.8. The van der Waals surface area contributed by atoms with Gasteiger partial charge in [-0.25, -0.2) is 4.98 Å². The molecule has 0 aliphatic carbocycles. The first-order valence-corrected chi connectivity index (χ1v) is 4.29. The number of aliphatic hydroxyl groups excluding tert-OH is 1. The van der Waals surface area contributed by atoms with Crippen molar-refractivity contribution in [3.05, 3.63) is 17.3 Å². The van der Waals surface area contributed by atoms with Gasteiger partial charge in [-0.05, 0) is 20.8 Å². The van der Waals surface area contributed by atoms with Crippen LogP contribution in [0.25, 0.3) is 0 Å². The number of aryl methyl sites for hydroxylation is 2. The minimum absolute atomic E-state index is 0.0527. The van der Waals surface area contributed by atoms with Crippen molar-refractivity contribution in [1.29, 1.82) is 0 Å². The van der Waals surface area contributed by atoms with E-state index in [4.69, 9.17) is 15.3 Å². The highest BCUT2D eigenvalue weighted by Gasteiger charge is 2.30. The topological polar surface area (TPSA) is 72.3 Å². The van der Waals surface area contributed by atoms with Gasteiger partial charge in [-0.2, -0.15) is 0 Å². The number of aliphatic hydroxyl groups is 1. The maximum absolute atomic E-state index is 9.16. The summed E-state index contributed by atoms with van der Waals surface area (Å²) in [6, 6.07) is 0. The summed E-state index contributed by atoms with van der Waals surface area (Å²) in [5.74, 6) is 1.30. The Hall–Kier alpha value is -0.870. The quantitative estimate of drug-likeness (QED) is 0.717. The fourth-order valence-corrected chi connectivity index (χ4v) is 0.950. The van der Waals surface area contributed by atoms with Crippen LogP contribution in [-0.2, 0) is 5.41 Å². The predicted octanol–water partition coefficient (Wildman–Crippen LogP) is 0.500. The van der Waals surface area contributed by atoms with E-state index in [0.29, 0.717) is 12.4 Å². The minimum atomic E-state index is -0.557. The fraction of sp³-hybridized carbons (Fsp3) is 0.667. The van der Waals surface area contributed by atoms with Gasteiger partial charge in [0.1, 0.15) is 5.76 Å². The largest absolute Gasteiger partial charge is 0.445 e. The molecular formula is C9H16N2O2. The molecule has 13 heavy (non-hydrogen) atoms. The molecule has 0 fully saturated rings. The van der Waals surface area contributed by atoms with Crippen LogP contribution in [0.5, 0.6) is 0 Å². The zero-order valence-electron chi connectivity index (χ0n) is 8.29. The van der Waals surface area contributed by atoms with Crippen molar-refractivity contribution in [2.24, 2.45) is 5.73 Å². The van der Waals surface area contributed by atoms with Crippen LogP contribution in [0, 0.1) is 13.8 Å². The molecule has 1 atom stereocenters. The van der Waals surface area contributed by atoms with Gasteiger partial charge in [0.2, 0.25) is 5.89 Å². The fourth-order valence-electron chi connectivity index (χ4n) is 0.950. The molecule has 0 aromatic carbocycles. The molecule has 0 bridgehead atoms. The van der Waals surface area contributed by atoms with Gasteiger partial charge in [-0.15, -0.1) is 0 Å². The molecule has 3 N–H and O–H groups in total. The molecule has 0 saturated heterocycles. The molecule has 0 saturated carbocycles. The summed E-state index contributed by atoms with van der Waals surface area (Å²) >= 11 is 0. The summed E-state index contributed by atoms with van der Waals surface area (Å²) in [5.41, 5.74) is 5.84. The SMILES string of the molecule is Cc1nc(C(C)(CN)CO)oc1C. The van der Waals surface area contributed by atoms with Crippen LogP contribution in [-0.4, -0.2) is 23.2 Å². The van der Waals surface area contributed by atoms with Gasteiger partial charge in [0.05, 0.1) is 17.7 Å². The zero-order valence-corrected chi connectivity index (χ0v) is 8.29. The maximum atomic E-state index is 9.16. The van der Waals surface area contributed by atoms with E-state index in [1.807, 2.05) is 20.8 Å². The average Bonchev–Trinajstić information content (AvgIpc) is 2.46. The van der Waals surface area contributed by atoms with Crippen molar-refractivity contribution in [2.45, 2.75) is 26.2 Å². The van der Waals surface area contributed by atoms with Gasteiger partial charge in [-0.3, -0.25) is 0 Å². The van der Waals surface area contributed by atoms with Crippen molar-refractivity contribution < 1.29 is 9.52 Å². The van der Waals surface area contributed by atoms with Crippen LogP contribution in [0.15, 0.2) is 4.42 Å². The van der Waals surface area contributed by atoms with E-state index in [2.05, 4.69) is 4.98 Å². The standard InChI is InChI=1S/C9H16N2O2/c1-6-7(2)13-8(11-6)9(3,4-10)5-12/h12H,4-5,10H2,1-3H3. The van der Waals surface area contributed by atoms with E-state index in [0.717, 1.165) is 11.5 Å². The van der Waals surface area contributed by atoms with E-state index >= 15 is 0 Å². The zero-order chi connectivity index (χ0) is 10.1. The molecule has 0 aliphatic rings. The molecule has 0 radical (unpaired) electrons. The average molecular weight is 184 g/mol. The van der Waals surface area contributed by atoms with Crippen molar-refractivity contribution in [3.63, 3.8) is 0 Å². The van der Waals surface area contributed by atoms with E-state index in [-0.39, 0.29) is 6.61 Å². The van der Waals surface area contributed by atoms with Gasteiger partial charge in [-0.1, -0.05) is 0 Å². The Morgan fingerprint density at radius 2 is 2.15 bits per heavy atom. The highest BCUT2D eigenvalue weighted by molar-refractivity contribution is 5.12. The number of nitrogens with zero attached hydrogens (tertiary/aromatic N) is 1. The highest BCUT2D eigenvalue weighted by Crippen LogP contribution is 2.23. The molecule has 1 rings (SSSR count). The molecule has 1 aromatic rings. The first kappa shape index (κ1) is 10.2. The Labute approximate surface area is 77.8 Å². The maximum Gasteiger partial charge on any atom is 0.204 e. The van der Waals surface area contributed by atoms with Gasteiger partial charge in [0.15, 0.2) is 0 Å². The van der Waals surface area contributed by atoms with E-state index in [1.165, 1.54) is 0 Å². The third-order valence-corrected chi connectivity index (χ3v) is 2.34. The number of nitrogens with two attached hydrogens (primary N) is 1. The van der Waals surface area contributed by atoms with Crippen LogP contribution in [0.3, 0.4) is 0 Å². The lowest BCUT2D eigenvalue weighted by atomic mass is 9.92. The van der Waals surface area contributed by atoms with Crippen LogP contribution in [0.4, 0.5) is 0 Å². The van der Waals surface area contributed by atoms with Gasteiger partial charge in [0.25, 0.3) is 0 Å². The third-order valence-electron chi connectivity index (χ3n) is 2.34. The smallest absolute Gasteiger partial charge is 0.204 e. The minimum Gasteiger partial charge on any atom is -0.445 e. The van der Waals surface area contributed by atoms with Gasteiger partial charge >= 0.3 is 0 Å². The Kier molecular flexibility index (Phi) is 2.73. The van der Waals surface area contributed by atoms with Gasteiger partial charge in [0, 0.05) is 6.54 Å². The molecule has 74 valence electrons. The van der Waals surface area contributed by atoms with Crippen molar-refractivity contribution in [3.8, 4) is 0 Å². The van der Waals surface area contributed by atoms with Crippen LogP contribution >= 0.6 is 0 Å². The summed E-state index contributed by atoms with van der Waals surface area (Å²) in [7, 11) is 0. The van der Waals surface area contributed by atoms with Crippen molar-refractivity contribution in [2.75, 3.05) is 13.2 Å². The van der Waals surface area contributed by atoms with E-state index in [9.17, 15) is 0 Å². The summed E-state index contributed by atoms with van der Waals surface area (Å²) < 4.78 is 5.41. The summed E-state index contributed by atoms with van der Waals surface area (Å²) in [4.78, 5) is 4.22. The number of hydrogen-bond donors (Lipinski definition) is 2. The van der Waals surface area contributed by atoms with Crippen molar-refractivity contribution in [1.82, 2.24) is 4.98 Å². The molecule has 0 spiro atoms. The highest BCUT2D eigenvalue weighted by atomic mass is 16.4. The summed E-state index contributed by atoms with van der Waals surface area (Å²) in [6.07, 6.45) is 0. The Morgan fingerprint density at radius 3 is 2.46 bits per heavy atom. The molecule has 1 aromatic heterocycles. The van der Waals surface area contributed by atoms with Crippen LogP contribution in [0.1, 0.15) is 24.3 Å². The number of rotatable bonds is 3. The molecule has 0 aliphatic heterocycles. The summed E-state index contributed by atoms with van der Waals surface area (Å²) in [5, 5.41) is 9.16. The first-order chi connectivity index (χ1) is 6.03. The van der Waals surface area contributed by atoms with Gasteiger partial charge < -0.3 is 15.3 Å². The molecule has 4 nitrogen and oxygen atoms in total. The lowest BCUT2D eigenvalue weighted by Gasteiger charge is -2.20. The van der Waals surface area contributed by atoms with E-state index < -0.39 is 5.41 Å². The third kappa shape index (κ3) is 1.73. The second-order valence-corrected chi connectivity index (χ2v) is 3.58. The Bertz CT molecular complexity index is 270. The first-order valence-electron chi connectivity index (χ1n) is 4.29.